The molecule has 1 unspecified atom stereocenters. The molecule has 5 heteroatoms. The van der Waals surface area contributed by atoms with E-state index in [-0.39, 0.29) is 17.9 Å². The van der Waals surface area contributed by atoms with Gasteiger partial charge in [-0.1, -0.05) is 6.42 Å². The minimum absolute atomic E-state index is 0.00361. The maximum Gasteiger partial charge on any atom is 0.407 e. The van der Waals surface area contributed by atoms with Crippen molar-refractivity contribution in [2.45, 2.75) is 58.1 Å². The predicted molar refractivity (Wildman–Crippen MR) is 64.3 cm³/mol. The average Bonchev–Trinajstić information content (AvgIpc) is 2.14. The highest BCUT2D eigenvalue weighted by Gasteiger charge is 2.27. The lowest BCUT2D eigenvalue weighted by molar-refractivity contribution is -0.122. The Hall–Kier alpha value is -1.26. The van der Waals surface area contributed by atoms with E-state index >= 15 is 0 Å². The van der Waals surface area contributed by atoms with Crippen molar-refractivity contribution in [3.63, 3.8) is 0 Å². The van der Waals surface area contributed by atoms with Gasteiger partial charge in [0.05, 0.1) is 0 Å². The number of amides is 2. The summed E-state index contributed by atoms with van der Waals surface area (Å²) < 4.78 is 5.17. The smallest absolute Gasteiger partial charge is 0.407 e. The molecule has 1 aliphatic carbocycles. The first-order chi connectivity index (χ1) is 7.78. The van der Waals surface area contributed by atoms with Gasteiger partial charge in [-0.05, 0) is 40.0 Å². The Morgan fingerprint density at radius 3 is 2.47 bits per heavy atom. The van der Waals surface area contributed by atoms with E-state index in [1.165, 1.54) is 0 Å². The molecule has 1 aliphatic rings. The van der Waals surface area contributed by atoms with Crippen LogP contribution >= 0.6 is 0 Å². The molecule has 5 nitrogen and oxygen atoms in total. The second-order valence-electron chi connectivity index (χ2n) is 5.61. The van der Waals surface area contributed by atoms with Crippen LogP contribution in [0.15, 0.2) is 0 Å². The number of alkyl carbamates (subject to hydrolysis) is 1. The Bertz CT molecular complexity index is 297. The summed E-state index contributed by atoms with van der Waals surface area (Å²) in [5.41, 5.74) is 4.78. The van der Waals surface area contributed by atoms with Crippen molar-refractivity contribution in [3.05, 3.63) is 0 Å². The fourth-order valence-corrected chi connectivity index (χ4v) is 2.05. The van der Waals surface area contributed by atoms with Gasteiger partial charge in [-0.2, -0.15) is 0 Å². The number of rotatable bonds is 2. The summed E-state index contributed by atoms with van der Waals surface area (Å²) in [6, 6.07) is -0.00361. The number of ether oxygens (including phenoxy) is 1. The highest BCUT2D eigenvalue weighted by atomic mass is 16.6. The van der Waals surface area contributed by atoms with Crippen molar-refractivity contribution >= 4 is 12.0 Å². The van der Waals surface area contributed by atoms with Crippen LogP contribution in [0.5, 0.6) is 0 Å². The summed E-state index contributed by atoms with van der Waals surface area (Å²) in [7, 11) is 0. The van der Waals surface area contributed by atoms with Crippen LogP contribution in [-0.4, -0.2) is 23.6 Å². The van der Waals surface area contributed by atoms with Crippen LogP contribution in [0.1, 0.15) is 46.5 Å². The molecule has 0 saturated heterocycles. The number of primary amides is 1. The summed E-state index contributed by atoms with van der Waals surface area (Å²) in [6.45, 7) is 5.46. The van der Waals surface area contributed by atoms with E-state index in [0.717, 1.165) is 19.3 Å². The lowest BCUT2D eigenvalue weighted by Crippen LogP contribution is -2.43. The summed E-state index contributed by atoms with van der Waals surface area (Å²) >= 11 is 0. The third kappa shape index (κ3) is 5.06. The third-order valence-corrected chi connectivity index (χ3v) is 2.80. The maximum atomic E-state index is 11.6. The Balaban J connectivity index is 2.41. The van der Waals surface area contributed by atoms with Gasteiger partial charge in [0.15, 0.2) is 0 Å². The predicted octanol–water partition coefficient (Wildman–Crippen LogP) is 1.56. The van der Waals surface area contributed by atoms with Crippen molar-refractivity contribution in [3.8, 4) is 0 Å². The fraction of sp³-hybridized carbons (Fsp3) is 0.833. The molecule has 0 aromatic carbocycles. The highest BCUT2D eigenvalue weighted by molar-refractivity contribution is 5.77. The van der Waals surface area contributed by atoms with Crippen molar-refractivity contribution in [1.29, 1.82) is 0 Å². The Morgan fingerprint density at radius 1 is 1.29 bits per heavy atom. The van der Waals surface area contributed by atoms with Crippen LogP contribution in [0.2, 0.25) is 0 Å². The van der Waals surface area contributed by atoms with Crippen LogP contribution in [0.3, 0.4) is 0 Å². The molecule has 1 fully saturated rings. The first-order valence-electron chi connectivity index (χ1n) is 6.07. The SMILES string of the molecule is CC(C)(C)OC(=O)N[C@@H]1CCCC(C(N)=O)C1. The number of nitrogens with two attached hydrogens (primary N) is 1. The zero-order valence-corrected chi connectivity index (χ0v) is 10.8. The van der Waals surface area contributed by atoms with Crippen molar-refractivity contribution in [2.24, 2.45) is 11.7 Å². The van der Waals surface area contributed by atoms with Gasteiger partial charge in [0, 0.05) is 12.0 Å². The average molecular weight is 242 g/mol. The maximum absolute atomic E-state index is 11.6. The monoisotopic (exact) mass is 242 g/mol. The lowest BCUT2D eigenvalue weighted by Gasteiger charge is -2.29. The molecule has 2 atom stereocenters. The first kappa shape index (κ1) is 13.8. The molecule has 98 valence electrons. The van der Waals surface area contributed by atoms with Crippen LogP contribution in [0, 0.1) is 5.92 Å². The van der Waals surface area contributed by atoms with E-state index in [2.05, 4.69) is 5.32 Å². The molecule has 3 N–H and O–H groups in total. The molecule has 1 rings (SSSR count). The molecule has 1 saturated carbocycles. The second kappa shape index (κ2) is 5.38. The molecule has 0 bridgehead atoms. The molecule has 17 heavy (non-hydrogen) atoms. The number of hydrogen-bond acceptors (Lipinski definition) is 3. The molecule has 0 spiro atoms. The van der Waals surface area contributed by atoms with Crippen LogP contribution in [0.25, 0.3) is 0 Å². The van der Waals surface area contributed by atoms with Gasteiger partial charge in [-0.3, -0.25) is 4.79 Å². The number of nitrogens with one attached hydrogen (secondary N) is 1. The summed E-state index contributed by atoms with van der Waals surface area (Å²) in [5, 5.41) is 2.79. The number of hydrogen-bond donors (Lipinski definition) is 2. The zero-order valence-electron chi connectivity index (χ0n) is 10.8. The van der Waals surface area contributed by atoms with Crippen molar-refractivity contribution in [2.75, 3.05) is 0 Å². The Morgan fingerprint density at radius 2 is 1.94 bits per heavy atom. The largest absolute Gasteiger partial charge is 0.444 e. The third-order valence-electron chi connectivity index (χ3n) is 2.80. The van der Waals surface area contributed by atoms with Crippen molar-refractivity contribution in [1.82, 2.24) is 5.32 Å². The first-order valence-corrected chi connectivity index (χ1v) is 6.07. The number of carbonyl (C=O) groups is 2. The minimum Gasteiger partial charge on any atom is -0.444 e. The van der Waals surface area contributed by atoms with Gasteiger partial charge in [0.1, 0.15) is 5.60 Å². The molecule has 0 aromatic heterocycles. The second-order valence-corrected chi connectivity index (χ2v) is 5.61. The molecule has 0 heterocycles. The van der Waals surface area contributed by atoms with Crippen molar-refractivity contribution < 1.29 is 14.3 Å². The Kier molecular flexibility index (Phi) is 4.37. The normalized spacial score (nSPS) is 25.1. The fourth-order valence-electron chi connectivity index (χ4n) is 2.05. The summed E-state index contributed by atoms with van der Waals surface area (Å²) in [5.74, 6) is -0.399. The number of carbonyl (C=O) groups excluding carboxylic acids is 2. The van der Waals surface area contributed by atoms with E-state index < -0.39 is 11.7 Å². The highest BCUT2D eigenvalue weighted by Crippen LogP contribution is 2.24. The zero-order chi connectivity index (χ0) is 13.1. The van der Waals surface area contributed by atoms with E-state index in [9.17, 15) is 9.59 Å². The van der Waals surface area contributed by atoms with E-state index in [1.54, 1.807) is 0 Å². The molecular formula is C12H22N2O3. The molecule has 2 amide bonds. The summed E-state index contributed by atoms with van der Waals surface area (Å²) in [6.07, 6.45) is 2.81. The van der Waals surface area contributed by atoms with E-state index in [4.69, 9.17) is 10.5 Å². The standard InChI is InChI=1S/C12H22N2O3/c1-12(2,3)17-11(16)14-9-6-4-5-8(7-9)10(13)15/h8-9H,4-7H2,1-3H3,(H2,13,15)(H,14,16)/t8?,9-/m1/s1. The van der Waals surface area contributed by atoms with Gasteiger partial charge in [-0.25, -0.2) is 4.79 Å². The van der Waals surface area contributed by atoms with Gasteiger partial charge >= 0.3 is 6.09 Å². The molecule has 0 aliphatic heterocycles. The summed E-state index contributed by atoms with van der Waals surface area (Å²) in [4.78, 5) is 22.6. The lowest BCUT2D eigenvalue weighted by atomic mass is 9.85. The van der Waals surface area contributed by atoms with Crippen LogP contribution < -0.4 is 11.1 Å². The van der Waals surface area contributed by atoms with Gasteiger partial charge in [-0.15, -0.1) is 0 Å². The molecule has 0 aromatic rings. The van der Waals surface area contributed by atoms with Gasteiger partial charge < -0.3 is 15.8 Å². The Labute approximate surface area is 102 Å². The van der Waals surface area contributed by atoms with Crippen LogP contribution in [0.4, 0.5) is 4.79 Å². The van der Waals surface area contributed by atoms with Gasteiger partial charge in [0.2, 0.25) is 5.91 Å². The van der Waals surface area contributed by atoms with E-state index in [0.29, 0.717) is 6.42 Å². The topological polar surface area (TPSA) is 81.4 Å². The van der Waals surface area contributed by atoms with E-state index in [1.807, 2.05) is 20.8 Å². The van der Waals surface area contributed by atoms with Crippen LogP contribution in [-0.2, 0) is 9.53 Å². The molecule has 0 radical (unpaired) electrons. The molecular weight excluding hydrogens is 220 g/mol. The quantitative estimate of drug-likeness (QED) is 0.771. The minimum atomic E-state index is -0.498. The van der Waals surface area contributed by atoms with Gasteiger partial charge in [0.25, 0.3) is 0 Å².